The van der Waals surface area contributed by atoms with Crippen LogP contribution < -0.4 is 25.6 Å². The smallest absolute Gasteiger partial charge is 0.269 e. The summed E-state index contributed by atoms with van der Waals surface area (Å²) in [6.07, 6.45) is 0. The number of halogens is 1. The number of hydrazine groups is 1. The summed E-state index contributed by atoms with van der Waals surface area (Å²) in [4.78, 5) is 35.6. The largest absolute Gasteiger partial charge is 0.493 e. The molecule has 142 valence electrons. The number of benzene rings is 2. The molecule has 0 unspecified atom stereocenters. The Bertz CT molecular complexity index is 839. The van der Waals surface area contributed by atoms with E-state index in [1.165, 1.54) is 38.5 Å². The highest BCUT2D eigenvalue weighted by Gasteiger charge is 2.12. The van der Waals surface area contributed by atoms with Crippen molar-refractivity contribution in [2.75, 3.05) is 20.8 Å². The van der Waals surface area contributed by atoms with Gasteiger partial charge < -0.3 is 14.8 Å². The fourth-order valence-corrected chi connectivity index (χ4v) is 2.08. The van der Waals surface area contributed by atoms with Crippen LogP contribution in [0.2, 0.25) is 0 Å². The van der Waals surface area contributed by atoms with Crippen LogP contribution in [0.4, 0.5) is 4.39 Å². The van der Waals surface area contributed by atoms with Crippen molar-refractivity contribution < 1.29 is 28.2 Å². The standard InChI is InChI=1S/C18H18FN3O5/c1-26-14-8-5-12(9-15(14)27-2)17(24)20-10-16(23)21-22-18(25)11-3-6-13(19)7-4-11/h3-9H,10H2,1-2H3,(H,20,24)(H,21,23)(H,22,25). The topological polar surface area (TPSA) is 106 Å². The van der Waals surface area contributed by atoms with Crippen molar-refractivity contribution in [1.82, 2.24) is 16.2 Å². The molecular formula is C18H18FN3O5. The van der Waals surface area contributed by atoms with E-state index < -0.39 is 23.5 Å². The van der Waals surface area contributed by atoms with Gasteiger partial charge in [-0.3, -0.25) is 25.2 Å². The lowest BCUT2D eigenvalue weighted by Crippen LogP contribution is -2.46. The number of carbonyl (C=O) groups excluding carboxylic acids is 3. The summed E-state index contributed by atoms with van der Waals surface area (Å²) in [5, 5.41) is 2.41. The molecule has 0 atom stereocenters. The van der Waals surface area contributed by atoms with Crippen LogP contribution in [0.25, 0.3) is 0 Å². The van der Waals surface area contributed by atoms with Crippen molar-refractivity contribution in [3.05, 3.63) is 59.4 Å². The van der Waals surface area contributed by atoms with Crippen molar-refractivity contribution in [3.63, 3.8) is 0 Å². The second-order valence-corrected chi connectivity index (χ2v) is 5.26. The first-order valence-corrected chi connectivity index (χ1v) is 7.79. The first-order chi connectivity index (χ1) is 12.9. The number of nitrogens with one attached hydrogen (secondary N) is 3. The minimum Gasteiger partial charge on any atom is -0.493 e. The molecule has 0 spiro atoms. The average molecular weight is 375 g/mol. The van der Waals surface area contributed by atoms with Crippen LogP contribution in [-0.4, -0.2) is 38.5 Å². The van der Waals surface area contributed by atoms with E-state index in [9.17, 15) is 18.8 Å². The van der Waals surface area contributed by atoms with Crippen LogP contribution in [0.3, 0.4) is 0 Å². The zero-order valence-corrected chi connectivity index (χ0v) is 14.7. The summed E-state index contributed by atoms with van der Waals surface area (Å²) in [7, 11) is 2.92. The molecule has 0 fully saturated rings. The Balaban J connectivity index is 1.83. The first kappa shape index (κ1) is 19.7. The molecule has 0 aliphatic rings. The molecule has 0 heterocycles. The van der Waals surface area contributed by atoms with Crippen LogP contribution in [0.5, 0.6) is 11.5 Å². The molecule has 2 aromatic rings. The number of rotatable bonds is 6. The highest BCUT2D eigenvalue weighted by Crippen LogP contribution is 2.27. The van der Waals surface area contributed by atoms with Gasteiger partial charge in [-0.2, -0.15) is 0 Å². The monoisotopic (exact) mass is 375 g/mol. The van der Waals surface area contributed by atoms with Gasteiger partial charge in [-0.1, -0.05) is 0 Å². The zero-order valence-electron chi connectivity index (χ0n) is 14.7. The summed E-state index contributed by atoms with van der Waals surface area (Å²) in [6.45, 7) is -0.364. The van der Waals surface area contributed by atoms with E-state index in [1.54, 1.807) is 6.07 Å². The molecule has 0 saturated heterocycles. The molecule has 8 nitrogen and oxygen atoms in total. The van der Waals surface area contributed by atoms with Gasteiger partial charge in [-0.25, -0.2) is 4.39 Å². The molecule has 9 heteroatoms. The Morgan fingerprint density at radius 2 is 1.48 bits per heavy atom. The number of amides is 3. The van der Waals surface area contributed by atoms with Crippen molar-refractivity contribution in [1.29, 1.82) is 0 Å². The van der Waals surface area contributed by atoms with Crippen LogP contribution in [0.15, 0.2) is 42.5 Å². The molecule has 3 N–H and O–H groups in total. The Morgan fingerprint density at radius 1 is 0.852 bits per heavy atom. The van der Waals surface area contributed by atoms with E-state index in [0.717, 1.165) is 12.1 Å². The van der Waals surface area contributed by atoms with Crippen molar-refractivity contribution >= 4 is 17.7 Å². The number of carbonyl (C=O) groups is 3. The molecule has 2 aromatic carbocycles. The van der Waals surface area contributed by atoms with Gasteiger partial charge in [0.25, 0.3) is 17.7 Å². The lowest BCUT2D eigenvalue weighted by molar-refractivity contribution is -0.120. The van der Waals surface area contributed by atoms with Gasteiger partial charge in [-0.15, -0.1) is 0 Å². The van der Waals surface area contributed by atoms with Gasteiger partial charge in [0.05, 0.1) is 20.8 Å². The van der Waals surface area contributed by atoms with Crippen LogP contribution in [-0.2, 0) is 4.79 Å². The number of hydrogen-bond donors (Lipinski definition) is 3. The van der Waals surface area contributed by atoms with Crippen LogP contribution >= 0.6 is 0 Å². The maximum absolute atomic E-state index is 12.8. The molecule has 3 amide bonds. The van der Waals surface area contributed by atoms with Gasteiger partial charge in [0, 0.05) is 11.1 Å². The Labute approximate surface area is 154 Å². The molecule has 27 heavy (non-hydrogen) atoms. The second kappa shape index (κ2) is 9.18. The highest BCUT2D eigenvalue weighted by atomic mass is 19.1. The van der Waals surface area contributed by atoms with E-state index in [-0.39, 0.29) is 17.7 Å². The third-order valence-corrected chi connectivity index (χ3v) is 3.48. The lowest BCUT2D eigenvalue weighted by atomic mass is 10.2. The SMILES string of the molecule is COc1ccc(C(=O)NCC(=O)NNC(=O)c2ccc(F)cc2)cc1OC. The van der Waals surface area contributed by atoms with E-state index in [1.807, 2.05) is 0 Å². The molecule has 2 rings (SSSR count). The minimum absolute atomic E-state index is 0.172. The third-order valence-electron chi connectivity index (χ3n) is 3.48. The van der Waals surface area contributed by atoms with Crippen LogP contribution in [0, 0.1) is 5.82 Å². The van der Waals surface area contributed by atoms with E-state index in [0.29, 0.717) is 11.5 Å². The third kappa shape index (κ3) is 5.43. The molecule has 0 saturated carbocycles. The summed E-state index contributed by atoms with van der Waals surface area (Å²) >= 11 is 0. The van der Waals surface area contributed by atoms with Crippen molar-refractivity contribution in [2.45, 2.75) is 0 Å². The lowest BCUT2D eigenvalue weighted by Gasteiger charge is -2.10. The zero-order chi connectivity index (χ0) is 19.8. The van der Waals surface area contributed by atoms with Gasteiger partial charge in [0.15, 0.2) is 11.5 Å². The molecule has 0 aromatic heterocycles. The molecular weight excluding hydrogens is 357 g/mol. The highest BCUT2D eigenvalue weighted by molar-refractivity contribution is 5.98. The summed E-state index contributed by atoms with van der Waals surface area (Å²) in [5.41, 5.74) is 4.76. The average Bonchev–Trinajstić information content (AvgIpc) is 2.70. The maximum Gasteiger partial charge on any atom is 0.269 e. The molecule has 0 radical (unpaired) electrons. The minimum atomic E-state index is -0.640. The maximum atomic E-state index is 12.8. The van der Waals surface area contributed by atoms with Gasteiger partial charge >= 0.3 is 0 Å². The predicted octanol–water partition coefficient (Wildman–Crippen LogP) is 1.03. The Kier molecular flexibility index (Phi) is 6.70. The van der Waals surface area contributed by atoms with Gasteiger partial charge in [0.2, 0.25) is 0 Å². The quantitative estimate of drug-likeness (QED) is 0.654. The first-order valence-electron chi connectivity index (χ1n) is 7.79. The summed E-state index contributed by atoms with van der Waals surface area (Å²) in [6, 6.07) is 9.36. The fourth-order valence-electron chi connectivity index (χ4n) is 2.08. The van der Waals surface area contributed by atoms with Crippen molar-refractivity contribution in [3.8, 4) is 11.5 Å². The number of hydrogen-bond acceptors (Lipinski definition) is 5. The van der Waals surface area contributed by atoms with Gasteiger partial charge in [-0.05, 0) is 42.5 Å². The van der Waals surface area contributed by atoms with Gasteiger partial charge in [0.1, 0.15) is 5.82 Å². The van der Waals surface area contributed by atoms with Crippen molar-refractivity contribution in [2.24, 2.45) is 0 Å². The second-order valence-electron chi connectivity index (χ2n) is 5.26. The molecule has 0 aliphatic carbocycles. The number of methoxy groups -OCH3 is 2. The van der Waals surface area contributed by atoms with E-state index >= 15 is 0 Å². The predicted molar refractivity (Wildman–Crippen MR) is 93.9 cm³/mol. The van der Waals surface area contributed by atoms with E-state index in [4.69, 9.17) is 9.47 Å². The number of ether oxygens (including phenoxy) is 2. The normalized spacial score (nSPS) is 9.89. The summed E-state index contributed by atoms with van der Waals surface area (Å²) < 4.78 is 23.0. The summed E-state index contributed by atoms with van der Waals surface area (Å²) in [5.74, 6) is -1.39. The van der Waals surface area contributed by atoms with Crippen LogP contribution in [0.1, 0.15) is 20.7 Å². The molecule has 0 bridgehead atoms. The Hall–Kier alpha value is -3.62. The fraction of sp³-hybridized carbons (Fsp3) is 0.167. The Morgan fingerprint density at radius 3 is 2.11 bits per heavy atom. The molecule has 0 aliphatic heterocycles. The van der Waals surface area contributed by atoms with E-state index in [2.05, 4.69) is 16.2 Å².